The standard InChI is InChI=1S/C20H18Cl2N4O2/c1-12-4-2-5-13(10-12)18-24-19(28-25-18)17-6-3-9-26(17)20(27)23-16-8-7-14(21)11-15(16)22/h2,4-5,7-8,10-11,17H,3,6,9H2,1H3,(H,23,27)/t17-/m0/s1. The van der Waals surface area contributed by atoms with Crippen LogP contribution in [0.2, 0.25) is 10.0 Å². The largest absolute Gasteiger partial charge is 0.337 e. The van der Waals surface area contributed by atoms with Gasteiger partial charge in [-0.05, 0) is 44.0 Å². The molecule has 0 saturated carbocycles. The van der Waals surface area contributed by atoms with Crippen LogP contribution in [0.4, 0.5) is 10.5 Å². The van der Waals surface area contributed by atoms with Crippen LogP contribution in [0.15, 0.2) is 47.0 Å². The third-order valence-corrected chi connectivity index (χ3v) is 5.24. The number of amides is 2. The Hall–Kier alpha value is -2.57. The zero-order valence-electron chi connectivity index (χ0n) is 15.2. The summed E-state index contributed by atoms with van der Waals surface area (Å²) >= 11 is 12.1. The van der Waals surface area contributed by atoms with Gasteiger partial charge in [-0.1, -0.05) is 52.1 Å². The highest BCUT2D eigenvalue weighted by Crippen LogP contribution is 2.33. The maximum atomic E-state index is 12.8. The van der Waals surface area contributed by atoms with Crippen molar-refractivity contribution in [3.8, 4) is 11.4 Å². The molecule has 2 heterocycles. The number of rotatable bonds is 3. The molecule has 1 aliphatic heterocycles. The van der Waals surface area contributed by atoms with Crippen LogP contribution in [0, 0.1) is 6.92 Å². The van der Waals surface area contributed by atoms with Crippen molar-refractivity contribution in [2.75, 3.05) is 11.9 Å². The first-order chi connectivity index (χ1) is 13.5. The lowest BCUT2D eigenvalue weighted by Crippen LogP contribution is -2.34. The molecule has 4 rings (SSSR count). The molecule has 0 radical (unpaired) electrons. The van der Waals surface area contributed by atoms with E-state index in [0.29, 0.717) is 34.0 Å². The van der Waals surface area contributed by atoms with Crippen LogP contribution in [-0.4, -0.2) is 27.6 Å². The molecule has 0 spiro atoms. The molecule has 2 amide bonds. The van der Waals surface area contributed by atoms with Gasteiger partial charge in [-0.15, -0.1) is 0 Å². The fourth-order valence-electron chi connectivity index (χ4n) is 3.32. The number of hydrogen-bond donors (Lipinski definition) is 1. The quantitative estimate of drug-likeness (QED) is 0.592. The Labute approximate surface area is 172 Å². The number of carbonyl (C=O) groups excluding carboxylic acids is 1. The zero-order chi connectivity index (χ0) is 19.7. The van der Waals surface area contributed by atoms with Crippen LogP contribution in [-0.2, 0) is 0 Å². The van der Waals surface area contributed by atoms with Gasteiger partial charge in [0.25, 0.3) is 0 Å². The van der Waals surface area contributed by atoms with E-state index in [1.807, 2.05) is 31.2 Å². The van der Waals surface area contributed by atoms with Gasteiger partial charge in [-0.3, -0.25) is 0 Å². The number of aryl methyl sites for hydroxylation is 1. The monoisotopic (exact) mass is 416 g/mol. The van der Waals surface area contributed by atoms with Gasteiger partial charge in [-0.2, -0.15) is 4.98 Å². The van der Waals surface area contributed by atoms with Crippen molar-refractivity contribution in [3.05, 3.63) is 64.0 Å². The fraction of sp³-hybridized carbons (Fsp3) is 0.250. The van der Waals surface area contributed by atoms with Crippen molar-refractivity contribution < 1.29 is 9.32 Å². The van der Waals surface area contributed by atoms with E-state index < -0.39 is 0 Å². The van der Waals surface area contributed by atoms with Crippen LogP contribution in [0.1, 0.15) is 30.3 Å². The number of halogens is 2. The summed E-state index contributed by atoms with van der Waals surface area (Å²) in [5.41, 5.74) is 2.51. The first-order valence-electron chi connectivity index (χ1n) is 8.94. The Morgan fingerprint density at radius 2 is 2.11 bits per heavy atom. The normalized spacial score (nSPS) is 16.4. The Morgan fingerprint density at radius 3 is 2.89 bits per heavy atom. The molecule has 1 saturated heterocycles. The van der Waals surface area contributed by atoms with E-state index in [0.717, 1.165) is 24.0 Å². The third-order valence-electron chi connectivity index (χ3n) is 4.69. The molecule has 1 fully saturated rings. The van der Waals surface area contributed by atoms with Crippen molar-refractivity contribution in [2.24, 2.45) is 0 Å². The predicted octanol–water partition coefficient (Wildman–Crippen LogP) is 5.72. The van der Waals surface area contributed by atoms with Gasteiger partial charge in [0.1, 0.15) is 6.04 Å². The maximum Gasteiger partial charge on any atom is 0.322 e. The number of urea groups is 1. The highest BCUT2D eigenvalue weighted by Gasteiger charge is 2.34. The van der Waals surface area contributed by atoms with E-state index in [1.54, 1.807) is 23.1 Å². The van der Waals surface area contributed by atoms with Crippen LogP contribution in [0.5, 0.6) is 0 Å². The molecule has 1 N–H and O–H groups in total. The third kappa shape index (κ3) is 3.84. The highest BCUT2D eigenvalue weighted by molar-refractivity contribution is 6.36. The number of nitrogens with one attached hydrogen (secondary N) is 1. The summed E-state index contributed by atoms with van der Waals surface area (Å²) in [4.78, 5) is 19.0. The minimum atomic E-state index is -0.267. The smallest absolute Gasteiger partial charge is 0.322 e. The number of nitrogens with zero attached hydrogens (tertiary/aromatic N) is 3. The Morgan fingerprint density at radius 1 is 1.25 bits per heavy atom. The summed E-state index contributed by atoms with van der Waals surface area (Å²) in [6.45, 7) is 2.61. The van der Waals surface area contributed by atoms with Crippen LogP contribution >= 0.6 is 23.2 Å². The summed E-state index contributed by atoms with van der Waals surface area (Å²) < 4.78 is 5.49. The SMILES string of the molecule is Cc1cccc(-c2noc([C@@H]3CCCN3C(=O)Nc3ccc(Cl)cc3Cl)n2)c1. The molecule has 1 aliphatic rings. The van der Waals surface area contributed by atoms with Crippen molar-refractivity contribution in [1.29, 1.82) is 0 Å². The number of benzene rings is 2. The lowest BCUT2D eigenvalue weighted by Gasteiger charge is -2.22. The minimum absolute atomic E-state index is 0.262. The zero-order valence-corrected chi connectivity index (χ0v) is 16.7. The van der Waals surface area contributed by atoms with Gasteiger partial charge < -0.3 is 14.7 Å². The van der Waals surface area contributed by atoms with Gasteiger partial charge in [0.2, 0.25) is 11.7 Å². The van der Waals surface area contributed by atoms with Gasteiger partial charge >= 0.3 is 6.03 Å². The van der Waals surface area contributed by atoms with Gasteiger partial charge in [-0.25, -0.2) is 4.79 Å². The topological polar surface area (TPSA) is 71.3 Å². The molecule has 8 heteroatoms. The summed E-state index contributed by atoms with van der Waals surface area (Å²) in [5.74, 6) is 0.957. The van der Waals surface area contributed by atoms with Crippen LogP contribution in [0.3, 0.4) is 0 Å². The number of hydrogen-bond acceptors (Lipinski definition) is 4. The molecule has 6 nitrogen and oxygen atoms in total. The highest BCUT2D eigenvalue weighted by atomic mass is 35.5. The molecule has 3 aromatic rings. The lowest BCUT2D eigenvalue weighted by molar-refractivity contribution is 0.193. The number of aromatic nitrogens is 2. The van der Waals surface area contributed by atoms with Crippen molar-refractivity contribution in [1.82, 2.24) is 15.0 Å². The molecule has 1 atom stereocenters. The van der Waals surface area contributed by atoms with Crippen molar-refractivity contribution in [3.63, 3.8) is 0 Å². The Kier molecular flexibility index (Phi) is 5.24. The lowest BCUT2D eigenvalue weighted by atomic mass is 10.1. The summed E-state index contributed by atoms with van der Waals surface area (Å²) in [5, 5.41) is 7.82. The van der Waals surface area contributed by atoms with E-state index >= 15 is 0 Å². The second-order valence-electron chi connectivity index (χ2n) is 6.73. The van der Waals surface area contributed by atoms with E-state index in [4.69, 9.17) is 27.7 Å². The maximum absolute atomic E-state index is 12.8. The van der Waals surface area contributed by atoms with Crippen LogP contribution < -0.4 is 5.32 Å². The van der Waals surface area contributed by atoms with Crippen molar-refractivity contribution >= 4 is 34.9 Å². The molecule has 28 heavy (non-hydrogen) atoms. The molecule has 2 aromatic carbocycles. The van der Waals surface area contributed by atoms with Crippen LogP contribution in [0.25, 0.3) is 11.4 Å². The summed E-state index contributed by atoms with van der Waals surface area (Å²) in [6.07, 6.45) is 1.62. The summed E-state index contributed by atoms with van der Waals surface area (Å²) in [7, 11) is 0. The number of likely N-dealkylation sites (tertiary alicyclic amines) is 1. The Bertz CT molecular complexity index is 1020. The molecular formula is C20H18Cl2N4O2. The fourth-order valence-corrected chi connectivity index (χ4v) is 3.77. The average Bonchev–Trinajstić information content (AvgIpc) is 3.33. The number of carbonyl (C=O) groups is 1. The molecular weight excluding hydrogens is 399 g/mol. The average molecular weight is 417 g/mol. The minimum Gasteiger partial charge on any atom is -0.337 e. The van der Waals surface area contributed by atoms with E-state index in [9.17, 15) is 4.79 Å². The van der Waals surface area contributed by atoms with E-state index in [1.165, 1.54) is 0 Å². The van der Waals surface area contributed by atoms with Crippen molar-refractivity contribution in [2.45, 2.75) is 25.8 Å². The van der Waals surface area contributed by atoms with Gasteiger partial charge in [0.15, 0.2) is 0 Å². The van der Waals surface area contributed by atoms with Gasteiger partial charge in [0, 0.05) is 17.1 Å². The molecule has 0 bridgehead atoms. The molecule has 1 aromatic heterocycles. The molecule has 0 aliphatic carbocycles. The van der Waals surface area contributed by atoms with E-state index in [2.05, 4.69) is 15.5 Å². The molecule has 144 valence electrons. The second kappa shape index (κ2) is 7.81. The molecule has 0 unspecified atom stereocenters. The van der Waals surface area contributed by atoms with E-state index in [-0.39, 0.29) is 12.1 Å². The second-order valence-corrected chi connectivity index (χ2v) is 7.58. The van der Waals surface area contributed by atoms with Gasteiger partial charge in [0.05, 0.1) is 10.7 Å². The summed E-state index contributed by atoms with van der Waals surface area (Å²) in [6, 6.07) is 12.3. The first-order valence-corrected chi connectivity index (χ1v) is 9.70. The number of anilines is 1. The predicted molar refractivity (Wildman–Crippen MR) is 109 cm³/mol. The Balaban J connectivity index is 1.53. The first kappa shape index (κ1) is 18.8.